The van der Waals surface area contributed by atoms with Crippen LogP contribution in [-0.2, 0) is 14.3 Å². The highest BCUT2D eigenvalue weighted by Crippen LogP contribution is 2.33. The second-order valence-corrected chi connectivity index (χ2v) is 7.36. The first kappa shape index (κ1) is 14.7. The molecule has 17 heavy (non-hydrogen) atoms. The molecule has 0 amide bonds. The van der Waals surface area contributed by atoms with E-state index in [1.165, 1.54) is 13.5 Å². The number of methoxy groups -OCH3 is 1. The lowest BCUT2D eigenvalue weighted by Crippen LogP contribution is -2.48. The number of esters is 1. The van der Waals surface area contributed by atoms with E-state index in [0.717, 1.165) is 42.5 Å². The zero-order valence-corrected chi connectivity index (χ0v) is 13.6. The van der Waals surface area contributed by atoms with Crippen LogP contribution in [-0.4, -0.2) is 35.2 Å². The molecular formula is C13H26O3Si. The van der Waals surface area contributed by atoms with E-state index in [1.807, 2.05) is 0 Å². The average molecular weight is 258 g/mol. The zero-order chi connectivity index (χ0) is 12.9. The molecule has 0 aromatic carbocycles. The van der Waals surface area contributed by atoms with Gasteiger partial charge in [0, 0.05) is 16.8 Å². The van der Waals surface area contributed by atoms with Gasteiger partial charge in [-0.2, -0.15) is 0 Å². The molecule has 0 aliphatic carbocycles. The van der Waals surface area contributed by atoms with E-state index in [0.29, 0.717) is 5.92 Å². The largest absolute Gasteiger partial charge is 0.469 e. The molecule has 1 rings (SSSR count). The Morgan fingerprint density at radius 1 is 1.41 bits per heavy atom. The highest BCUT2D eigenvalue weighted by Gasteiger charge is 2.41. The van der Waals surface area contributed by atoms with Crippen LogP contribution in [0.1, 0.15) is 46.0 Å². The fraction of sp³-hybridized carbons (Fsp3) is 0.923. The van der Waals surface area contributed by atoms with Crippen LogP contribution in [0.4, 0.5) is 0 Å². The van der Waals surface area contributed by atoms with E-state index in [2.05, 4.69) is 13.8 Å². The molecule has 0 aromatic heterocycles. The minimum Gasteiger partial charge on any atom is -0.469 e. The van der Waals surface area contributed by atoms with Gasteiger partial charge in [-0.3, -0.25) is 4.79 Å². The minimum atomic E-state index is -0.180. The number of hydrogen-bond donors (Lipinski definition) is 0. The van der Waals surface area contributed by atoms with Gasteiger partial charge in [0.05, 0.1) is 18.3 Å². The van der Waals surface area contributed by atoms with Crippen molar-refractivity contribution >= 4 is 16.2 Å². The molecule has 1 aliphatic rings. The summed E-state index contributed by atoms with van der Waals surface area (Å²) in [5.41, 5.74) is 0. The monoisotopic (exact) mass is 258 g/mol. The van der Waals surface area contributed by atoms with Gasteiger partial charge in [-0.1, -0.05) is 20.3 Å². The third-order valence-corrected chi connectivity index (χ3v) is 5.24. The Morgan fingerprint density at radius 3 is 2.59 bits per heavy atom. The Kier molecular flexibility index (Phi) is 5.66. The van der Waals surface area contributed by atoms with Gasteiger partial charge in [0.2, 0.25) is 0 Å². The predicted octanol–water partition coefficient (Wildman–Crippen LogP) is 1.47. The van der Waals surface area contributed by atoms with Crippen LogP contribution in [0, 0.1) is 11.8 Å². The van der Waals surface area contributed by atoms with Crippen LogP contribution in [0.15, 0.2) is 0 Å². The van der Waals surface area contributed by atoms with Gasteiger partial charge >= 0.3 is 5.97 Å². The second-order valence-electron chi connectivity index (χ2n) is 5.67. The number of hydrogen-bond acceptors (Lipinski definition) is 3. The molecule has 1 fully saturated rings. The Hall–Kier alpha value is -0.353. The lowest BCUT2D eigenvalue weighted by Gasteiger charge is -2.39. The van der Waals surface area contributed by atoms with Gasteiger partial charge in [0.15, 0.2) is 0 Å². The van der Waals surface area contributed by atoms with E-state index in [-0.39, 0.29) is 17.1 Å². The molecule has 0 N–H and O–H groups in total. The lowest BCUT2D eigenvalue weighted by molar-refractivity contribution is -0.157. The maximum Gasteiger partial charge on any atom is 0.311 e. The van der Waals surface area contributed by atoms with Crippen molar-refractivity contribution in [2.75, 3.05) is 13.7 Å². The summed E-state index contributed by atoms with van der Waals surface area (Å²) < 4.78 is 10.9. The van der Waals surface area contributed by atoms with Crippen LogP contribution in [0.25, 0.3) is 0 Å². The molecule has 1 aliphatic heterocycles. The minimum absolute atomic E-state index is 0.0538. The first-order valence-corrected chi connectivity index (χ1v) is 7.71. The van der Waals surface area contributed by atoms with Gasteiger partial charge in [0.1, 0.15) is 0 Å². The Balaban J connectivity index is 2.69. The molecule has 2 unspecified atom stereocenters. The number of rotatable bonds is 5. The van der Waals surface area contributed by atoms with Crippen molar-refractivity contribution in [3.8, 4) is 0 Å². The van der Waals surface area contributed by atoms with Crippen LogP contribution in [0.2, 0.25) is 0 Å². The summed E-state index contributed by atoms with van der Waals surface area (Å²) in [5, 5.41) is -0.180. The molecule has 0 saturated carbocycles. The van der Waals surface area contributed by atoms with Crippen molar-refractivity contribution in [1.29, 1.82) is 0 Å². The lowest BCUT2D eigenvalue weighted by atomic mass is 9.88. The van der Waals surface area contributed by atoms with Crippen molar-refractivity contribution in [3.63, 3.8) is 0 Å². The third-order valence-electron chi connectivity index (χ3n) is 3.75. The molecule has 0 radical (unpaired) electrons. The first-order valence-electron chi connectivity index (χ1n) is 6.71. The van der Waals surface area contributed by atoms with Crippen molar-refractivity contribution in [2.24, 2.45) is 11.8 Å². The fourth-order valence-electron chi connectivity index (χ4n) is 2.55. The Morgan fingerprint density at radius 2 is 2.12 bits per heavy atom. The maximum absolute atomic E-state index is 11.9. The van der Waals surface area contributed by atoms with E-state index >= 15 is 0 Å². The highest BCUT2D eigenvalue weighted by atomic mass is 28.1. The van der Waals surface area contributed by atoms with Crippen molar-refractivity contribution < 1.29 is 14.3 Å². The van der Waals surface area contributed by atoms with Crippen molar-refractivity contribution in [2.45, 2.75) is 51.2 Å². The van der Waals surface area contributed by atoms with Gasteiger partial charge < -0.3 is 9.47 Å². The molecule has 100 valence electrons. The number of ether oxygens (including phenoxy) is 2. The first-order chi connectivity index (χ1) is 7.99. The summed E-state index contributed by atoms with van der Waals surface area (Å²) >= 11 is 0. The average Bonchev–Trinajstić information content (AvgIpc) is 2.29. The van der Waals surface area contributed by atoms with Gasteiger partial charge in [0.25, 0.3) is 0 Å². The normalized spacial score (nSPS) is 27.1. The quantitative estimate of drug-likeness (QED) is 0.553. The third kappa shape index (κ3) is 4.10. The summed E-state index contributed by atoms with van der Waals surface area (Å²) in [6.45, 7) is 5.18. The molecule has 1 heterocycles. The zero-order valence-electron chi connectivity index (χ0n) is 11.6. The number of carbonyl (C=O) groups is 1. The van der Waals surface area contributed by atoms with Crippen LogP contribution in [0.3, 0.4) is 0 Å². The fourth-order valence-corrected chi connectivity index (χ4v) is 3.63. The van der Waals surface area contributed by atoms with Crippen molar-refractivity contribution in [3.05, 3.63) is 0 Å². The van der Waals surface area contributed by atoms with Gasteiger partial charge in [-0.15, -0.1) is 0 Å². The topological polar surface area (TPSA) is 35.5 Å². The van der Waals surface area contributed by atoms with Crippen LogP contribution >= 0.6 is 0 Å². The molecule has 2 atom stereocenters. The maximum atomic E-state index is 11.9. The molecule has 1 saturated heterocycles. The van der Waals surface area contributed by atoms with E-state index in [1.54, 1.807) is 0 Å². The summed E-state index contributed by atoms with van der Waals surface area (Å²) in [5.74, 6) is 0.487. The molecule has 0 bridgehead atoms. The van der Waals surface area contributed by atoms with E-state index in [4.69, 9.17) is 9.47 Å². The van der Waals surface area contributed by atoms with Gasteiger partial charge in [-0.25, -0.2) is 0 Å². The van der Waals surface area contributed by atoms with E-state index < -0.39 is 0 Å². The van der Waals surface area contributed by atoms with Crippen molar-refractivity contribution in [1.82, 2.24) is 0 Å². The smallest absolute Gasteiger partial charge is 0.311 e. The number of carbonyl (C=O) groups excluding carboxylic acids is 1. The summed E-state index contributed by atoms with van der Waals surface area (Å²) in [6.07, 6.45) is 5.29. The Bertz CT molecular complexity index is 247. The summed E-state index contributed by atoms with van der Waals surface area (Å²) in [4.78, 5) is 11.9. The molecule has 4 heteroatoms. The van der Waals surface area contributed by atoms with Crippen LogP contribution < -0.4 is 0 Å². The van der Waals surface area contributed by atoms with Crippen LogP contribution in [0.5, 0.6) is 0 Å². The molecular weight excluding hydrogens is 232 g/mol. The Labute approximate surface area is 108 Å². The SMILES string of the molecule is COC(=O)C(CCC(C)C)C1([SiH3])CCCCO1. The summed E-state index contributed by atoms with van der Waals surface area (Å²) in [6, 6.07) is 0. The van der Waals surface area contributed by atoms with Gasteiger partial charge in [-0.05, 0) is 31.6 Å². The molecule has 0 aromatic rings. The summed E-state index contributed by atoms with van der Waals surface area (Å²) in [7, 11) is 2.39. The standard InChI is InChI=1S/C13H26O3Si/c1-10(2)6-7-11(12(14)15-3)13(17)8-4-5-9-16-13/h10-11H,4-9H2,1-3,17H3. The van der Waals surface area contributed by atoms with E-state index in [9.17, 15) is 4.79 Å². The second kappa shape index (κ2) is 6.54. The molecule has 0 spiro atoms. The predicted molar refractivity (Wildman–Crippen MR) is 72.1 cm³/mol. The highest BCUT2D eigenvalue weighted by molar-refractivity contribution is 6.16. The molecule has 3 nitrogen and oxygen atoms in total.